The first-order valence-corrected chi connectivity index (χ1v) is 7.25. The number of ether oxygens (including phenoxy) is 1. The number of nitriles is 1. The fourth-order valence-electron chi connectivity index (χ4n) is 2.26. The van der Waals surface area contributed by atoms with Crippen molar-refractivity contribution in [1.29, 1.82) is 5.26 Å². The van der Waals surface area contributed by atoms with Crippen LogP contribution in [0.25, 0.3) is 11.0 Å². The number of H-pyrrole nitrogens is 2. The van der Waals surface area contributed by atoms with Gasteiger partial charge in [-0.1, -0.05) is 12.1 Å². The van der Waals surface area contributed by atoms with Gasteiger partial charge in [-0.15, -0.1) is 0 Å². The zero-order valence-electron chi connectivity index (χ0n) is 12.8. The predicted molar refractivity (Wildman–Crippen MR) is 88.8 cm³/mol. The van der Waals surface area contributed by atoms with E-state index in [9.17, 15) is 9.59 Å². The lowest BCUT2D eigenvalue weighted by molar-refractivity contribution is -0.122. The molecule has 3 rings (SSSR count). The Bertz CT molecular complexity index is 997. The van der Waals surface area contributed by atoms with E-state index in [0.29, 0.717) is 28.0 Å². The van der Waals surface area contributed by atoms with Crippen LogP contribution in [0.3, 0.4) is 0 Å². The summed E-state index contributed by atoms with van der Waals surface area (Å²) < 4.78 is 5.56. The first-order chi connectivity index (χ1) is 11.6. The molecule has 0 saturated carbocycles. The normalized spacial score (nSPS) is 11.7. The Kier molecular flexibility index (Phi) is 4.03. The van der Waals surface area contributed by atoms with Crippen molar-refractivity contribution in [1.82, 2.24) is 9.97 Å². The molecule has 0 aliphatic rings. The molecule has 1 aromatic heterocycles. The molecule has 1 amide bonds. The van der Waals surface area contributed by atoms with E-state index in [0.717, 1.165) is 0 Å². The summed E-state index contributed by atoms with van der Waals surface area (Å²) in [7, 11) is 0. The highest BCUT2D eigenvalue weighted by Gasteiger charge is 2.16. The van der Waals surface area contributed by atoms with Crippen molar-refractivity contribution < 1.29 is 9.53 Å². The van der Waals surface area contributed by atoms with Crippen molar-refractivity contribution >= 4 is 22.6 Å². The van der Waals surface area contributed by atoms with Crippen LogP contribution in [0.4, 0.5) is 5.69 Å². The quantitative estimate of drug-likeness (QED) is 0.683. The van der Waals surface area contributed by atoms with Crippen LogP contribution in [0.5, 0.6) is 5.75 Å². The SMILES string of the molecule is CC(Oc1ccccc1C#N)C(=O)Nc1ccc2[nH]c(=O)[nH]c2c1. The second-order valence-corrected chi connectivity index (χ2v) is 5.20. The maximum Gasteiger partial charge on any atom is 0.323 e. The van der Waals surface area contributed by atoms with Gasteiger partial charge in [0.1, 0.15) is 11.8 Å². The zero-order valence-corrected chi connectivity index (χ0v) is 12.8. The second kappa shape index (κ2) is 6.30. The monoisotopic (exact) mass is 322 g/mol. The molecule has 0 aliphatic carbocycles. The lowest BCUT2D eigenvalue weighted by Crippen LogP contribution is -2.30. The largest absolute Gasteiger partial charge is 0.480 e. The summed E-state index contributed by atoms with van der Waals surface area (Å²) in [6, 6.07) is 13.8. The third-order valence-corrected chi connectivity index (χ3v) is 3.46. The van der Waals surface area contributed by atoms with Gasteiger partial charge in [-0.2, -0.15) is 5.26 Å². The number of hydrogen-bond acceptors (Lipinski definition) is 4. The maximum absolute atomic E-state index is 12.3. The summed E-state index contributed by atoms with van der Waals surface area (Å²) in [4.78, 5) is 28.8. The van der Waals surface area contributed by atoms with Crippen LogP contribution in [0.2, 0.25) is 0 Å². The number of nitrogens with zero attached hydrogens (tertiary/aromatic N) is 1. The molecule has 2 aromatic carbocycles. The van der Waals surface area contributed by atoms with E-state index in [1.165, 1.54) is 0 Å². The molecule has 1 atom stereocenters. The Hall–Kier alpha value is -3.53. The number of para-hydroxylation sites is 1. The number of aromatic amines is 2. The van der Waals surface area contributed by atoms with E-state index in [2.05, 4.69) is 15.3 Å². The Morgan fingerprint density at radius 1 is 1.21 bits per heavy atom. The fraction of sp³-hybridized carbons (Fsp3) is 0.118. The lowest BCUT2D eigenvalue weighted by atomic mass is 10.2. The Balaban J connectivity index is 1.73. The Morgan fingerprint density at radius 2 is 1.96 bits per heavy atom. The smallest absolute Gasteiger partial charge is 0.323 e. The van der Waals surface area contributed by atoms with Gasteiger partial charge in [-0.3, -0.25) is 4.79 Å². The van der Waals surface area contributed by atoms with Gasteiger partial charge in [-0.25, -0.2) is 4.79 Å². The minimum atomic E-state index is -0.791. The van der Waals surface area contributed by atoms with Crippen LogP contribution in [0, 0.1) is 11.3 Å². The summed E-state index contributed by atoms with van der Waals surface area (Å²) in [5.74, 6) is -0.00644. The topological polar surface area (TPSA) is 111 Å². The molecule has 7 nitrogen and oxygen atoms in total. The maximum atomic E-state index is 12.3. The van der Waals surface area contributed by atoms with E-state index in [1.54, 1.807) is 49.4 Å². The molecule has 0 radical (unpaired) electrons. The lowest BCUT2D eigenvalue weighted by Gasteiger charge is -2.15. The van der Waals surface area contributed by atoms with E-state index in [-0.39, 0.29) is 11.6 Å². The van der Waals surface area contributed by atoms with Gasteiger partial charge in [0.2, 0.25) is 0 Å². The Morgan fingerprint density at radius 3 is 2.75 bits per heavy atom. The first kappa shape index (κ1) is 15.4. The van der Waals surface area contributed by atoms with Crippen molar-refractivity contribution in [3.05, 3.63) is 58.5 Å². The van der Waals surface area contributed by atoms with Gasteiger partial charge < -0.3 is 20.0 Å². The number of amides is 1. The van der Waals surface area contributed by atoms with Crippen molar-refractivity contribution in [2.45, 2.75) is 13.0 Å². The Labute approximate surface area is 136 Å². The highest BCUT2D eigenvalue weighted by molar-refractivity contribution is 5.95. The number of carbonyl (C=O) groups is 1. The molecule has 1 heterocycles. The molecule has 0 aliphatic heterocycles. The van der Waals surface area contributed by atoms with Crippen LogP contribution < -0.4 is 15.7 Å². The number of hydrogen-bond donors (Lipinski definition) is 3. The predicted octanol–water partition coefficient (Wildman–Crippen LogP) is 2.13. The summed E-state index contributed by atoms with van der Waals surface area (Å²) >= 11 is 0. The average Bonchev–Trinajstić information content (AvgIpc) is 2.94. The molecule has 1 unspecified atom stereocenters. The van der Waals surface area contributed by atoms with Gasteiger partial charge in [0, 0.05) is 5.69 Å². The molecule has 3 aromatic rings. The van der Waals surface area contributed by atoms with Crippen molar-refractivity contribution in [2.24, 2.45) is 0 Å². The first-order valence-electron chi connectivity index (χ1n) is 7.25. The molecule has 0 saturated heterocycles. The standard InChI is InChI=1S/C17H14N4O3/c1-10(24-15-5-3-2-4-11(15)9-18)16(22)19-12-6-7-13-14(8-12)21-17(23)20-13/h2-8,10H,1H3,(H,19,22)(H2,20,21,23). The van der Waals surface area contributed by atoms with Crippen molar-refractivity contribution in [3.8, 4) is 11.8 Å². The van der Waals surface area contributed by atoms with Crippen LogP contribution in [-0.4, -0.2) is 22.0 Å². The fourth-order valence-corrected chi connectivity index (χ4v) is 2.26. The van der Waals surface area contributed by atoms with Crippen LogP contribution in [0.1, 0.15) is 12.5 Å². The number of carbonyl (C=O) groups excluding carboxylic acids is 1. The van der Waals surface area contributed by atoms with Crippen molar-refractivity contribution in [2.75, 3.05) is 5.32 Å². The third kappa shape index (κ3) is 3.13. The highest BCUT2D eigenvalue weighted by Crippen LogP contribution is 2.19. The highest BCUT2D eigenvalue weighted by atomic mass is 16.5. The van der Waals surface area contributed by atoms with E-state index in [1.807, 2.05) is 6.07 Å². The molecule has 120 valence electrons. The molecular formula is C17H14N4O3. The molecule has 3 N–H and O–H groups in total. The van der Waals surface area contributed by atoms with Gasteiger partial charge in [0.25, 0.3) is 5.91 Å². The third-order valence-electron chi connectivity index (χ3n) is 3.46. The number of rotatable bonds is 4. The molecule has 24 heavy (non-hydrogen) atoms. The van der Waals surface area contributed by atoms with Crippen molar-refractivity contribution in [3.63, 3.8) is 0 Å². The molecular weight excluding hydrogens is 308 g/mol. The molecule has 0 bridgehead atoms. The summed E-state index contributed by atoms with van der Waals surface area (Å²) in [6.45, 7) is 1.60. The van der Waals surface area contributed by atoms with Gasteiger partial charge in [0.15, 0.2) is 6.10 Å². The van der Waals surface area contributed by atoms with E-state index in [4.69, 9.17) is 10.00 Å². The number of benzene rings is 2. The number of imidazole rings is 1. The van der Waals surface area contributed by atoms with Gasteiger partial charge in [0.05, 0.1) is 16.6 Å². The summed E-state index contributed by atoms with van der Waals surface area (Å²) in [5, 5.41) is 11.8. The summed E-state index contributed by atoms with van der Waals surface area (Å²) in [5.41, 5.74) is 1.85. The minimum absolute atomic E-state index is 0.307. The number of anilines is 1. The van der Waals surface area contributed by atoms with Crippen LogP contribution in [-0.2, 0) is 4.79 Å². The van der Waals surface area contributed by atoms with Crippen LogP contribution in [0.15, 0.2) is 47.3 Å². The number of nitrogens with one attached hydrogen (secondary N) is 3. The van der Waals surface area contributed by atoms with E-state index >= 15 is 0 Å². The number of fused-ring (bicyclic) bond motifs is 1. The molecule has 0 fully saturated rings. The van der Waals surface area contributed by atoms with Crippen LogP contribution >= 0.6 is 0 Å². The average molecular weight is 322 g/mol. The second-order valence-electron chi connectivity index (χ2n) is 5.20. The minimum Gasteiger partial charge on any atom is -0.480 e. The van der Waals surface area contributed by atoms with Gasteiger partial charge in [-0.05, 0) is 37.3 Å². The summed E-state index contributed by atoms with van der Waals surface area (Å²) in [6.07, 6.45) is -0.791. The van der Waals surface area contributed by atoms with E-state index < -0.39 is 6.10 Å². The molecule has 7 heteroatoms. The van der Waals surface area contributed by atoms with Gasteiger partial charge >= 0.3 is 5.69 Å². The number of aromatic nitrogens is 2. The zero-order chi connectivity index (χ0) is 17.1. The molecule has 0 spiro atoms.